The van der Waals surface area contributed by atoms with Crippen molar-refractivity contribution in [2.45, 2.75) is 10.9 Å². The molecular weight excluding hydrogens is 298 g/mol. The van der Waals surface area contributed by atoms with Crippen molar-refractivity contribution in [1.29, 1.82) is 0 Å². The number of hydrogen-bond acceptors (Lipinski definition) is 5. The van der Waals surface area contributed by atoms with Crippen molar-refractivity contribution < 1.29 is 4.74 Å². The molecule has 0 spiro atoms. The van der Waals surface area contributed by atoms with Crippen molar-refractivity contribution >= 4 is 22.7 Å². The molecule has 3 aromatic rings. The summed E-state index contributed by atoms with van der Waals surface area (Å²) in [5, 5.41) is 1.03. The lowest BCUT2D eigenvalue weighted by Crippen LogP contribution is -2.29. The molecule has 1 heterocycles. The second-order valence-electron chi connectivity index (χ2n) is 4.72. The monoisotopic (exact) mass is 313 g/mol. The summed E-state index contributed by atoms with van der Waals surface area (Å²) >= 11 is 1.43. The van der Waals surface area contributed by atoms with Gasteiger partial charge in [0, 0.05) is 5.75 Å². The largest absolute Gasteiger partial charge is 0.497 e. The first kappa shape index (κ1) is 14.5. The van der Waals surface area contributed by atoms with Crippen LogP contribution in [0.5, 0.6) is 5.75 Å². The van der Waals surface area contributed by atoms with Gasteiger partial charge in [-0.2, -0.15) is 0 Å². The van der Waals surface area contributed by atoms with Crippen LogP contribution in [0.4, 0.5) is 0 Å². The van der Waals surface area contributed by atoms with Crippen molar-refractivity contribution in [3.63, 3.8) is 0 Å². The third-order valence-electron chi connectivity index (χ3n) is 3.30. The van der Waals surface area contributed by atoms with Crippen molar-refractivity contribution in [3.05, 3.63) is 64.4 Å². The van der Waals surface area contributed by atoms with Gasteiger partial charge in [0.25, 0.3) is 5.56 Å². The van der Waals surface area contributed by atoms with Gasteiger partial charge in [-0.3, -0.25) is 4.79 Å². The van der Waals surface area contributed by atoms with Crippen molar-refractivity contribution in [2.75, 3.05) is 13.0 Å². The summed E-state index contributed by atoms with van der Waals surface area (Å²) in [7, 11) is 1.63. The Labute approximate surface area is 131 Å². The van der Waals surface area contributed by atoms with Crippen LogP contribution in [0.15, 0.2) is 58.5 Å². The predicted molar refractivity (Wildman–Crippen MR) is 88.7 cm³/mol. The Balaban J connectivity index is 1.87. The van der Waals surface area contributed by atoms with Crippen LogP contribution in [0.2, 0.25) is 0 Å². The van der Waals surface area contributed by atoms with Gasteiger partial charge in [-0.15, -0.1) is 0 Å². The lowest BCUT2D eigenvalue weighted by atomic mass is 10.2. The first-order valence-corrected chi connectivity index (χ1v) is 7.70. The van der Waals surface area contributed by atoms with Gasteiger partial charge in [0.2, 0.25) is 0 Å². The molecule has 2 N–H and O–H groups in total. The van der Waals surface area contributed by atoms with E-state index in [-0.39, 0.29) is 5.56 Å². The third-order valence-corrected chi connectivity index (χ3v) is 4.33. The van der Waals surface area contributed by atoms with Crippen molar-refractivity contribution in [3.8, 4) is 5.75 Å². The molecule has 6 heteroatoms. The van der Waals surface area contributed by atoms with Crippen molar-refractivity contribution in [1.82, 2.24) is 9.66 Å². The molecular formula is C16H15N3O2S. The summed E-state index contributed by atoms with van der Waals surface area (Å²) in [6.45, 7) is 0. The number of rotatable bonds is 4. The minimum absolute atomic E-state index is 0.233. The number of nitrogens with two attached hydrogens (primary N) is 1. The minimum Gasteiger partial charge on any atom is -0.497 e. The van der Waals surface area contributed by atoms with Crippen LogP contribution in [0.3, 0.4) is 0 Å². The summed E-state index contributed by atoms with van der Waals surface area (Å²) in [6.07, 6.45) is 0. The highest BCUT2D eigenvalue weighted by Gasteiger charge is 2.09. The van der Waals surface area contributed by atoms with E-state index in [4.69, 9.17) is 10.6 Å². The Morgan fingerprint density at radius 2 is 1.91 bits per heavy atom. The highest BCUT2D eigenvalue weighted by molar-refractivity contribution is 7.98. The summed E-state index contributed by atoms with van der Waals surface area (Å²) < 4.78 is 6.24. The number of hydrogen-bond donors (Lipinski definition) is 1. The fourth-order valence-electron chi connectivity index (χ4n) is 2.10. The molecule has 0 fully saturated rings. The Morgan fingerprint density at radius 3 is 2.64 bits per heavy atom. The van der Waals surface area contributed by atoms with E-state index in [0.29, 0.717) is 21.8 Å². The van der Waals surface area contributed by atoms with Crippen LogP contribution in [-0.4, -0.2) is 16.8 Å². The zero-order chi connectivity index (χ0) is 15.5. The fraction of sp³-hybridized carbons (Fsp3) is 0.125. The van der Waals surface area contributed by atoms with E-state index in [0.717, 1.165) is 16.0 Å². The quantitative estimate of drug-likeness (QED) is 0.455. The zero-order valence-electron chi connectivity index (χ0n) is 12.0. The molecule has 1 aromatic heterocycles. The topological polar surface area (TPSA) is 70.1 Å². The van der Waals surface area contributed by atoms with Crippen LogP contribution < -0.4 is 16.1 Å². The molecule has 0 aliphatic rings. The van der Waals surface area contributed by atoms with Gasteiger partial charge in [-0.25, -0.2) is 9.66 Å². The maximum atomic E-state index is 12.2. The Kier molecular flexibility index (Phi) is 4.02. The molecule has 0 saturated carbocycles. The van der Waals surface area contributed by atoms with Gasteiger partial charge in [0.1, 0.15) is 5.75 Å². The van der Waals surface area contributed by atoms with Gasteiger partial charge in [0.15, 0.2) is 5.16 Å². The summed E-state index contributed by atoms with van der Waals surface area (Å²) in [5.41, 5.74) is 1.53. The van der Waals surface area contributed by atoms with Gasteiger partial charge in [0.05, 0.1) is 18.0 Å². The average molecular weight is 313 g/mol. The minimum atomic E-state index is -0.233. The van der Waals surface area contributed by atoms with Crippen molar-refractivity contribution in [2.24, 2.45) is 0 Å². The van der Waals surface area contributed by atoms with E-state index in [2.05, 4.69) is 4.98 Å². The molecule has 3 rings (SSSR count). The molecule has 0 atom stereocenters. The molecule has 22 heavy (non-hydrogen) atoms. The molecule has 0 radical (unpaired) electrons. The van der Waals surface area contributed by atoms with Gasteiger partial charge >= 0.3 is 0 Å². The molecule has 0 unspecified atom stereocenters. The smallest absolute Gasteiger partial charge is 0.280 e. The van der Waals surface area contributed by atoms with E-state index in [1.807, 2.05) is 36.4 Å². The van der Waals surface area contributed by atoms with E-state index >= 15 is 0 Å². The van der Waals surface area contributed by atoms with E-state index in [9.17, 15) is 4.79 Å². The molecule has 0 aliphatic heterocycles. The summed E-state index contributed by atoms with van der Waals surface area (Å²) in [4.78, 5) is 16.7. The first-order valence-electron chi connectivity index (χ1n) is 6.71. The van der Waals surface area contributed by atoms with Crippen LogP contribution in [0, 0.1) is 0 Å². The number of aromatic nitrogens is 2. The van der Waals surface area contributed by atoms with E-state index in [1.54, 1.807) is 19.2 Å². The SMILES string of the molecule is COc1ccc(CSc2nc3ccccc3c(=O)n2N)cc1. The molecule has 112 valence electrons. The molecule has 0 saturated heterocycles. The third kappa shape index (κ3) is 2.78. The van der Waals surface area contributed by atoms with Gasteiger partial charge in [-0.05, 0) is 29.8 Å². The predicted octanol–water partition coefficient (Wildman–Crippen LogP) is 2.41. The lowest BCUT2D eigenvalue weighted by Gasteiger charge is -2.08. The number of ether oxygens (including phenoxy) is 1. The number of nitrogen functional groups attached to an aromatic ring is 1. The molecule has 5 nitrogen and oxygen atoms in total. The maximum absolute atomic E-state index is 12.2. The Bertz CT molecular complexity index is 859. The lowest BCUT2D eigenvalue weighted by molar-refractivity contribution is 0.414. The van der Waals surface area contributed by atoms with E-state index in [1.165, 1.54) is 11.8 Å². The second-order valence-corrected chi connectivity index (χ2v) is 5.67. The maximum Gasteiger partial charge on any atom is 0.280 e. The number of fused-ring (bicyclic) bond motifs is 1. The van der Waals surface area contributed by atoms with E-state index < -0.39 is 0 Å². The number of thioether (sulfide) groups is 1. The number of para-hydroxylation sites is 1. The van der Waals surface area contributed by atoms with Gasteiger partial charge in [-0.1, -0.05) is 36.0 Å². The normalized spacial score (nSPS) is 10.8. The standard InChI is InChI=1S/C16H15N3O2S/c1-21-12-8-6-11(7-9-12)10-22-16-18-14-5-3-2-4-13(14)15(20)19(16)17/h2-9H,10,17H2,1H3. The summed E-state index contributed by atoms with van der Waals surface area (Å²) in [6, 6.07) is 15.0. The number of nitrogens with zero attached hydrogens (tertiary/aromatic N) is 2. The number of methoxy groups -OCH3 is 1. The highest BCUT2D eigenvalue weighted by atomic mass is 32.2. The molecule has 0 aliphatic carbocycles. The molecule has 0 bridgehead atoms. The first-order chi connectivity index (χ1) is 10.7. The Morgan fingerprint density at radius 1 is 1.18 bits per heavy atom. The Hall–Kier alpha value is -2.47. The fourth-order valence-corrected chi connectivity index (χ4v) is 2.97. The molecule has 0 amide bonds. The zero-order valence-corrected chi connectivity index (χ0v) is 12.8. The summed E-state index contributed by atoms with van der Waals surface area (Å²) in [5.74, 6) is 7.35. The van der Waals surface area contributed by atoms with Crippen LogP contribution in [0.25, 0.3) is 10.9 Å². The molecule has 2 aromatic carbocycles. The van der Waals surface area contributed by atoms with Crippen LogP contribution >= 0.6 is 11.8 Å². The highest BCUT2D eigenvalue weighted by Crippen LogP contribution is 2.22. The average Bonchev–Trinajstić information content (AvgIpc) is 2.57. The number of benzene rings is 2. The van der Waals surface area contributed by atoms with Crippen LogP contribution in [0.1, 0.15) is 5.56 Å². The van der Waals surface area contributed by atoms with Crippen LogP contribution in [-0.2, 0) is 5.75 Å². The second kappa shape index (κ2) is 6.11. The van der Waals surface area contributed by atoms with Gasteiger partial charge < -0.3 is 10.6 Å².